The molecule has 0 bridgehead atoms. The zero-order valence-electron chi connectivity index (χ0n) is 10.00. The fourth-order valence-electron chi connectivity index (χ4n) is 2.09. The van der Waals surface area contributed by atoms with Crippen LogP contribution < -0.4 is 16.0 Å². The Labute approximate surface area is 110 Å². The molecular weight excluding hydrogens is 254 g/mol. The molecule has 0 unspecified atom stereocenters. The van der Waals surface area contributed by atoms with Crippen molar-refractivity contribution in [1.82, 2.24) is 0 Å². The lowest BCUT2D eigenvalue weighted by atomic mass is 10.1. The van der Waals surface area contributed by atoms with Gasteiger partial charge >= 0.3 is 0 Å². The Morgan fingerprint density at radius 2 is 2.28 bits per heavy atom. The average molecular weight is 268 g/mol. The van der Waals surface area contributed by atoms with Gasteiger partial charge < -0.3 is 16.0 Å². The highest BCUT2D eigenvalue weighted by Gasteiger charge is 2.25. The molecule has 96 valence electrons. The van der Waals surface area contributed by atoms with E-state index in [1.54, 1.807) is 17.0 Å². The van der Waals surface area contributed by atoms with Gasteiger partial charge in [0, 0.05) is 18.0 Å². The van der Waals surface area contributed by atoms with Crippen molar-refractivity contribution in [3.05, 3.63) is 22.7 Å². The lowest BCUT2D eigenvalue weighted by Crippen LogP contribution is -2.37. The average Bonchev–Trinajstić information content (AvgIpc) is 2.46. The van der Waals surface area contributed by atoms with Crippen LogP contribution in [0.2, 0.25) is 5.02 Å². The first-order chi connectivity index (χ1) is 8.52. The number of hydrogen-bond acceptors (Lipinski definition) is 3. The summed E-state index contributed by atoms with van der Waals surface area (Å²) < 4.78 is 0. The number of aryl methyl sites for hydroxylation is 1. The normalized spacial score (nSPS) is 14.8. The number of halogens is 1. The molecule has 1 aromatic rings. The van der Waals surface area contributed by atoms with Gasteiger partial charge in [0.2, 0.25) is 11.8 Å². The number of nitrogens with two attached hydrogens (primary N) is 1. The molecule has 3 N–H and O–H groups in total. The topological polar surface area (TPSA) is 75.4 Å². The Balaban J connectivity index is 2.56. The molecule has 0 radical (unpaired) electrons. The predicted octanol–water partition coefficient (Wildman–Crippen LogP) is 1.28. The summed E-state index contributed by atoms with van der Waals surface area (Å²) in [7, 11) is 0. The van der Waals surface area contributed by atoms with E-state index in [9.17, 15) is 9.59 Å². The minimum atomic E-state index is -0.210. The predicted molar refractivity (Wildman–Crippen MR) is 70.8 cm³/mol. The molecule has 1 aliphatic heterocycles. The lowest BCUT2D eigenvalue weighted by molar-refractivity contribution is -0.117. The second-order valence-corrected chi connectivity index (χ2v) is 4.60. The van der Waals surface area contributed by atoms with E-state index >= 15 is 0 Å². The zero-order chi connectivity index (χ0) is 13.3. The van der Waals surface area contributed by atoms with Crippen LogP contribution >= 0.6 is 11.6 Å². The first kappa shape index (κ1) is 12.9. The quantitative estimate of drug-likeness (QED) is 0.805. The number of fused-ring (bicyclic) bond motifs is 1. The fourth-order valence-corrected chi connectivity index (χ4v) is 2.36. The molecule has 6 heteroatoms. The molecule has 1 aromatic carbocycles. The third kappa shape index (κ3) is 2.32. The number of carbonyl (C=O) groups excluding carboxylic acids is 2. The van der Waals surface area contributed by atoms with Gasteiger partial charge in [0.25, 0.3) is 0 Å². The van der Waals surface area contributed by atoms with Gasteiger partial charge in [0.1, 0.15) is 0 Å². The third-order valence-corrected chi connectivity index (χ3v) is 3.07. The first-order valence-electron chi connectivity index (χ1n) is 5.63. The van der Waals surface area contributed by atoms with Crippen molar-refractivity contribution < 1.29 is 9.59 Å². The van der Waals surface area contributed by atoms with Crippen LogP contribution in [-0.4, -0.2) is 24.9 Å². The maximum atomic E-state index is 11.9. The Kier molecular flexibility index (Phi) is 3.54. The van der Waals surface area contributed by atoms with Crippen LogP contribution in [0.3, 0.4) is 0 Å². The number of amides is 2. The molecule has 18 heavy (non-hydrogen) atoms. The molecule has 0 aromatic heterocycles. The summed E-state index contributed by atoms with van der Waals surface area (Å²) >= 11 is 5.96. The molecular formula is C12H14ClN3O2. The van der Waals surface area contributed by atoms with Crippen molar-refractivity contribution in [2.45, 2.75) is 13.3 Å². The van der Waals surface area contributed by atoms with Gasteiger partial charge in [0.15, 0.2) is 0 Å². The van der Waals surface area contributed by atoms with Crippen LogP contribution in [0.25, 0.3) is 0 Å². The maximum Gasteiger partial charge on any atom is 0.240 e. The minimum Gasteiger partial charge on any atom is -0.324 e. The molecule has 1 aliphatic rings. The van der Waals surface area contributed by atoms with Crippen molar-refractivity contribution in [2.75, 3.05) is 23.3 Å². The van der Waals surface area contributed by atoms with E-state index in [4.69, 9.17) is 17.3 Å². The van der Waals surface area contributed by atoms with Crippen LogP contribution in [-0.2, 0) is 9.59 Å². The molecule has 0 saturated carbocycles. The van der Waals surface area contributed by atoms with E-state index in [2.05, 4.69) is 5.32 Å². The second-order valence-electron chi connectivity index (χ2n) is 4.17. The number of rotatable bonds is 1. The summed E-state index contributed by atoms with van der Waals surface area (Å²) in [4.78, 5) is 25.0. The van der Waals surface area contributed by atoms with E-state index in [1.807, 2.05) is 6.92 Å². The van der Waals surface area contributed by atoms with E-state index in [0.717, 1.165) is 5.56 Å². The monoisotopic (exact) mass is 267 g/mol. The summed E-state index contributed by atoms with van der Waals surface area (Å²) in [5.74, 6) is -0.344. The zero-order valence-corrected chi connectivity index (χ0v) is 10.8. The van der Waals surface area contributed by atoms with Crippen molar-refractivity contribution in [3.63, 3.8) is 0 Å². The minimum absolute atomic E-state index is 0.0876. The smallest absolute Gasteiger partial charge is 0.240 e. The number of nitrogens with one attached hydrogen (secondary N) is 1. The molecule has 0 fully saturated rings. The molecule has 0 saturated heterocycles. The van der Waals surface area contributed by atoms with Crippen molar-refractivity contribution >= 4 is 34.8 Å². The van der Waals surface area contributed by atoms with Crippen LogP contribution in [0.1, 0.15) is 12.0 Å². The molecule has 0 aliphatic carbocycles. The summed E-state index contributed by atoms with van der Waals surface area (Å²) in [5, 5.41) is 3.28. The van der Waals surface area contributed by atoms with Crippen LogP contribution in [0, 0.1) is 6.92 Å². The first-order valence-corrected chi connectivity index (χ1v) is 6.01. The Bertz CT molecular complexity index is 516. The molecule has 2 rings (SSSR count). The fraction of sp³-hybridized carbons (Fsp3) is 0.333. The highest BCUT2D eigenvalue weighted by Crippen LogP contribution is 2.35. The number of benzene rings is 1. The van der Waals surface area contributed by atoms with Crippen molar-refractivity contribution in [3.8, 4) is 0 Å². The second kappa shape index (κ2) is 4.96. The van der Waals surface area contributed by atoms with Gasteiger partial charge in [-0.05, 0) is 24.6 Å². The van der Waals surface area contributed by atoms with Crippen LogP contribution in [0.5, 0.6) is 0 Å². The van der Waals surface area contributed by atoms with Crippen molar-refractivity contribution in [1.29, 1.82) is 0 Å². The molecule has 5 nitrogen and oxygen atoms in total. The number of nitrogens with zero attached hydrogens (tertiary/aromatic N) is 1. The van der Waals surface area contributed by atoms with Gasteiger partial charge in [0.05, 0.1) is 17.9 Å². The van der Waals surface area contributed by atoms with E-state index in [-0.39, 0.29) is 24.8 Å². The number of carbonyl (C=O) groups is 2. The molecule has 0 spiro atoms. The van der Waals surface area contributed by atoms with Gasteiger partial charge in [-0.2, -0.15) is 0 Å². The SMILES string of the molecule is Cc1cc(Cl)cc2c1N(C(=O)CN)CCC(=O)N2. The third-order valence-electron chi connectivity index (χ3n) is 2.85. The van der Waals surface area contributed by atoms with E-state index in [1.165, 1.54) is 0 Å². The van der Waals surface area contributed by atoms with Crippen LogP contribution in [0.4, 0.5) is 11.4 Å². The highest BCUT2D eigenvalue weighted by molar-refractivity contribution is 6.31. The van der Waals surface area contributed by atoms with Crippen molar-refractivity contribution in [2.24, 2.45) is 5.73 Å². The number of hydrogen-bond donors (Lipinski definition) is 2. The Morgan fingerprint density at radius 3 is 2.94 bits per heavy atom. The molecule has 2 amide bonds. The Morgan fingerprint density at radius 1 is 1.56 bits per heavy atom. The lowest BCUT2D eigenvalue weighted by Gasteiger charge is -2.23. The van der Waals surface area contributed by atoms with Gasteiger partial charge in [-0.1, -0.05) is 11.6 Å². The molecule has 0 atom stereocenters. The van der Waals surface area contributed by atoms with E-state index in [0.29, 0.717) is 22.9 Å². The Hall–Kier alpha value is -1.59. The standard InChI is InChI=1S/C12H14ClN3O2/c1-7-4-8(13)5-9-12(7)16(11(18)6-14)3-2-10(17)15-9/h4-5H,2-3,6,14H2,1H3,(H,15,17). The van der Waals surface area contributed by atoms with Crippen LogP contribution in [0.15, 0.2) is 12.1 Å². The van der Waals surface area contributed by atoms with E-state index < -0.39 is 0 Å². The highest BCUT2D eigenvalue weighted by atomic mass is 35.5. The summed E-state index contributed by atoms with van der Waals surface area (Å²) in [6, 6.07) is 3.40. The summed E-state index contributed by atoms with van der Waals surface area (Å²) in [5.41, 5.74) is 7.48. The molecule has 1 heterocycles. The van der Waals surface area contributed by atoms with Gasteiger partial charge in [-0.25, -0.2) is 0 Å². The largest absolute Gasteiger partial charge is 0.324 e. The van der Waals surface area contributed by atoms with Gasteiger partial charge in [-0.3, -0.25) is 9.59 Å². The number of anilines is 2. The maximum absolute atomic E-state index is 11.9. The summed E-state index contributed by atoms with van der Waals surface area (Å²) in [6.07, 6.45) is 0.247. The summed E-state index contributed by atoms with van der Waals surface area (Å²) in [6.45, 7) is 2.09. The van der Waals surface area contributed by atoms with Gasteiger partial charge in [-0.15, -0.1) is 0 Å².